The van der Waals surface area contributed by atoms with Gasteiger partial charge in [-0.15, -0.1) is 0 Å². The first-order valence-corrected chi connectivity index (χ1v) is 12.1. The average Bonchev–Trinajstić information content (AvgIpc) is 2.85. The molecular weight excluding hydrogens is 462 g/mol. The van der Waals surface area contributed by atoms with Crippen molar-refractivity contribution in [2.75, 3.05) is 19.6 Å². The van der Waals surface area contributed by atoms with Gasteiger partial charge in [-0.1, -0.05) is 41.4 Å². The highest BCUT2D eigenvalue weighted by molar-refractivity contribution is 6.32. The highest BCUT2D eigenvalue weighted by Gasteiger charge is 2.21. The molecule has 0 saturated carbocycles. The molecule has 4 rings (SSSR count). The van der Waals surface area contributed by atoms with Crippen LogP contribution in [0.5, 0.6) is 17.4 Å². The van der Waals surface area contributed by atoms with Crippen molar-refractivity contribution < 1.29 is 14.3 Å². The molecule has 2 aromatic carbocycles. The number of halogens is 1. The van der Waals surface area contributed by atoms with E-state index in [1.165, 1.54) is 5.56 Å². The summed E-state index contributed by atoms with van der Waals surface area (Å²) in [6.45, 7) is 8.82. The van der Waals surface area contributed by atoms with E-state index in [4.69, 9.17) is 21.1 Å². The largest absolute Gasteiger partial charge is 0.487 e. The van der Waals surface area contributed by atoms with Gasteiger partial charge in [0.2, 0.25) is 11.8 Å². The van der Waals surface area contributed by atoms with E-state index in [1.54, 1.807) is 30.5 Å². The van der Waals surface area contributed by atoms with Crippen molar-refractivity contribution in [2.45, 2.75) is 33.4 Å². The predicted octanol–water partition coefficient (Wildman–Crippen LogP) is 5.56. The number of pyridine rings is 1. The Morgan fingerprint density at radius 2 is 2.00 bits per heavy atom. The zero-order chi connectivity index (χ0) is 24.8. The van der Waals surface area contributed by atoms with Gasteiger partial charge in [-0.05, 0) is 61.7 Å². The minimum absolute atomic E-state index is 0.00184. The highest BCUT2D eigenvalue weighted by Crippen LogP contribution is 2.34. The van der Waals surface area contributed by atoms with Gasteiger partial charge in [-0.2, -0.15) is 0 Å². The van der Waals surface area contributed by atoms with E-state index in [0.29, 0.717) is 35.6 Å². The van der Waals surface area contributed by atoms with Crippen molar-refractivity contribution in [3.8, 4) is 17.4 Å². The average molecular weight is 492 g/mol. The standard InChI is InChI=1S/C28H30ClN3O3/c1-19-4-6-22(7-5-19)18-34-24-9-10-26(31-17-24)35-28-20(2)14-23(15-25(28)29)8-11-27(33)32-13-12-30-16-21(32)3/h4-11,14-15,17,21,30H,12-13,16,18H2,1-3H3/b11-8+/t21-/m1/s1. The van der Waals surface area contributed by atoms with Gasteiger partial charge >= 0.3 is 0 Å². The number of carbonyl (C=O) groups is 1. The van der Waals surface area contributed by atoms with Crippen molar-refractivity contribution in [3.63, 3.8) is 0 Å². The molecule has 0 bridgehead atoms. The number of rotatable bonds is 7. The lowest BCUT2D eigenvalue weighted by Crippen LogP contribution is -2.51. The molecule has 0 spiro atoms. The number of piperazine rings is 1. The van der Waals surface area contributed by atoms with Crippen molar-refractivity contribution in [2.24, 2.45) is 0 Å². The SMILES string of the molecule is Cc1ccc(COc2ccc(Oc3c(C)cc(/C=C/C(=O)N4CCNC[C@H]4C)cc3Cl)nc2)cc1. The zero-order valence-electron chi connectivity index (χ0n) is 20.3. The number of carbonyl (C=O) groups excluding carboxylic acids is 1. The third-order valence-electron chi connectivity index (χ3n) is 5.90. The summed E-state index contributed by atoms with van der Waals surface area (Å²) in [6.07, 6.45) is 5.02. The minimum Gasteiger partial charge on any atom is -0.487 e. The second kappa shape index (κ2) is 11.4. The van der Waals surface area contributed by atoms with Crippen LogP contribution < -0.4 is 14.8 Å². The van der Waals surface area contributed by atoms with Crippen molar-refractivity contribution in [3.05, 3.63) is 88.1 Å². The lowest BCUT2D eigenvalue weighted by atomic mass is 10.1. The van der Waals surface area contributed by atoms with Crippen LogP contribution in [-0.2, 0) is 11.4 Å². The Balaban J connectivity index is 1.37. The molecule has 1 saturated heterocycles. The third-order valence-corrected chi connectivity index (χ3v) is 6.18. The summed E-state index contributed by atoms with van der Waals surface area (Å²) in [4.78, 5) is 18.8. The molecule has 2 heterocycles. The Kier molecular flexibility index (Phi) is 8.06. The summed E-state index contributed by atoms with van der Waals surface area (Å²) in [5.74, 6) is 1.61. The van der Waals surface area contributed by atoms with Gasteiger partial charge in [0, 0.05) is 37.8 Å². The van der Waals surface area contributed by atoms with Gasteiger partial charge in [0.1, 0.15) is 12.4 Å². The number of amides is 1. The number of ether oxygens (including phenoxy) is 2. The molecule has 1 amide bonds. The van der Waals surface area contributed by atoms with E-state index < -0.39 is 0 Å². The Bertz CT molecular complexity index is 1170. The molecule has 35 heavy (non-hydrogen) atoms. The summed E-state index contributed by atoms with van der Waals surface area (Å²) in [5.41, 5.74) is 4.00. The molecule has 1 fully saturated rings. The predicted molar refractivity (Wildman–Crippen MR) is 139 cm³/mol. The summed E-state index contributed by atoms with van der Waals surface area (Å²) in [6, 6.07) is 15.7. The van der Waals surface area contributed by atoms with Gasteiger partial charge in [-0.3, -0.25) is 4.79 Å². The number of nitrogens with zero attached hydrogens (tertiary/aromatic N) is 2. The molecule has 6 nitrogen and oxygen atoms in total. The van der Waals surface area contributed by atoms with E-state index in [9.17, 15) is 4.79 Å². The first-order valence-electron chi connectivity index (χ1n) is 11.7. The van der Waals surface area contributed by atoms with E-state index >= 15 is 0 Å². The summed E-state index contributed by atoms with van der Waals surface area (Å²) in [5, 5.41) is 3.74. The lowest BCUT2D eigenvalue weighted by Gasteiger charge is -2.33. The molecule has 1 aliphatic heterocycles. The van der Waals surface area contributed by atoms with E-state index in [2.05, 4.69) is 29.4 Å². The summed E-state index contributed by atoms with van der Waals surface area (Å²) < 4.78 is 11.8. The number of nitrogens with one attached hydrogen (secondary N) is 1. The Hall–Kier alpha value is -3.35. The molecule has 0 unspecified atom stereocenters. The minimum atomic E-state index is 0.00184. The summed E-state index contributed by atoms with van der Waals surface area (Å²) >= 11 is 6.52. The third kappa shape index (κ3) is 6.62. The van der Waals surface area contributed by atoms with Crippen LogP contribution in [0.2, 0.25) is 5.02 Å². The maximum Gasteiger partial charge on any atom is 0.246 e. The smallest absolute Gasteiger partial charge is 0.246 e. The molecule has 182 valence electrons. The number of hydrogen-bond donors (Lipinski definition) is 1. The van der Waals surface area contributed by atoms with Crippen LogP contribution in [0.1, 0.15) is 29.2 Å². The number of aryl methyl sites for hydroxylation is 2. The molecular formula is C28H30ClN3O3. The van der Waals surface area contributed by atoms with Crippen LogP contribution in [0.25, 0.3) is 6.08 Å². The molecule has 0 radical (unpaired) electrons. The van der Waals surface area contributed by atoms with Crippen molar-refractivity contribution in [1.29, 1.82) is 0 Å². The topological polar surface area (TPSA) is 63.7 Å². The molecule has 1 atom stereocenters. The molecule has 1 aromatic heterocycles. The summed E-state index contributed by atoms with van der Waals surface area (Å²) in [7, 11) is 0. The fourth-order valence-corrected chi connectivity index (χ4v) is 4.20. The first-order chi connectivity index (χ1) is 16.9. The molecule has 3 aromatic rings. The second-order valence-electron chi connectivity index (χ2n) is 8.78. The molecule has 1 N–H and O–H groups in total. The highest BCUT2D eigenvalue weighted by atomic mass is 35.5. The molecule has 7 heteroatoms. The van der Waals surface area contributed by atoms with E-state index in [1.807, 2.05) is 43.0 Å². The van der Waals surface area contributed by atoms with Crippen LogP contribution in [0.4, 0.5) is 0 Å². The number of aromatic nitrogens is 1. The van der Waals surface area contributed by atoms with Gasteiger partial charge in [0.05, 0.1) is 11.2 Å². The van der Waals surface area contributed by atoms with Crippen LogP contribution in [0.15, 0.2) is 60.8 Å². The van der Waals surface area contributed by atoms with Crippen molar-refractivity contribution >= 4 is 23.6 Å². The lowest BCUT2D eigenvalue weighted by molar-refractivity contribution is -0.128. The zero-order valence-corrected chi connectivity index (χ0v) is 21.0. The fourth-order valence-electron chi connectivity index (χ4n) is 3.88. The van der Waals surface area contributed by atoms with Crippen LogP contribution in [-0.4, -0.2) is 41.5 Å². The van der Waals surface area contributed by atoms with Gasteiger partial charge in [0.15, 0.2) is 5.75 Å². The molecule has 0 aliphatic carbocycles. The fraction of sp³-hybridized carbons (Fsp3) is 0.286. The quantitative estimate of drug-likeness (QED) is 0.438. The first kappa shape index (κ1) is 24.8. The van der Waals surface area contributed by atoms with E-state index in [-0.39, 0.29) is 11.9 Å². The van der Waals surface area contributed by atoms with Crippen LogP contribution in [0, 0.1) is 13.8 Å². The van der Waals surface area contributed by atoms with E-state index in [0.717, 1.165) is 29.8 Å². The maximum atomic E-state index is 12.6. The maximum absolute atomic E-state index is 12.6. The number of hydrogen-bond acceptors (Lipinski definition) is 5. The van der Waals surface area contributed by atoms with Crippen LogP contribution in [0.3, 0.4) is 0 Å². The Morgan fingerprint density at radius 1 is 1.20 bits per heavy atom. The Labute approximate surface area is 211 Å². The monoisotopic (exact) mass is 491 g/mol. The number of benzene rings is 2. The van der Waals surface area contributed by atoms with Crippen LogP contribution >= 0.6 is 11.6 Å². The molecule has 1 aliphatic rings. The van der Waals surface area contributed by atoms with Gasteiger partial charge in [-0.25, -0.2) is 4.98 Å². The van der Waals surface area contributed by atoms with Gasteiger partial charge in [0.25, 0.3) is 0 Å². The normalized spacial score (nSPS) is 15.9. The van der Waals surface area contributed by atoms with Crippen molar-refractivity contribution in [1.82, 2.24) is 15.2 Å². The Morgan fingerprint density at radius 3 is 2.69 bits per heavy atom. The second-order valence-corrected chi connectivity index (χ2v) is 9.18. The van der Waals surface area contributed by atoms with Gasteiger partial charge < -0.3 is 19.7 Å².